The van der Waals surface area contributed by atoms with Gasteiger partial charge in [0, 0.05) is 4.90 Å². The second kappa shape index (κ2) is 4.50. The molecule has 2 rings (SSSR count). The van der Waals surface area contributed by atoms with E-state index in [-0.39, 0.29) is 0 Å². The van der Waals surface area contributed by atoms with E-state index in [9.17, 15) is 5.11 Å². The Bertz CT molecular complexity index is 499. The van der Waals surface area contributed by atoms with Gasteiger partial charge in [-0.05, 0) is 44.4 Å². The van der Waals surface area contributed by atoms with Gasteiger partial charge in [0.2, 0.25) is 0 Å². The molecule has 1 heterocycles. The monoisotopic (exact) mass is 249 g/mol. The van der Waals surface area contributed by atoms with Gasteiger partial charge in [-0.15, -0.1) is 16.9 Å². The normalized spacial score (nSPS) is 11.8. The molecule has 0 saturated carbocycles. The number of benzene rings is 1. The minimum absolute atomic E-state index is 0.562. The molecule has 1 N–H and O–H groups in total. The van der Waals surface area contributed by atoms with Gasteiger partial charge >= 0.3 is 0 Å². The minimum atomic E-state index is -0.961. The predicted molar refractivity (Wildman–Crippen MR) is 68.4 cm³/mol. The van der Waals surface area contributed by atoms with Crippen LogP contribution in [0.15, 0.2) is 35.4 Å². The van der Waals surface area contributed by atoms with E-state index in [4.69, 9.17) is 0 Å². The second-order valence-corrected chi connectivity index (χ2v) is 5.19. The summed E-state index contributed by atoms with van der Waals surface area (Å²) >= 11 is 1.70. The number of rotatable bonds is 3. The highest BCUT2D eigenvalue weighted by molar-refractivity contribution is 7.98. The molecule has 0 bridgehead atoms. The van der Waals surface area contributed by atoms with Crippen LogP contribution in [0.5, 0.6) is 0 Å². The molecule has 5 heteroatoms. The molecule has 1 aromatic carbocycles. The summed E-state index contributed by atoms with van der Waals surface area (Å²) in [6.07, 6.45) is 3.78. The van der Waals surface area contributed by atoms with Crippen molar-refractivity contribution in [1.82, 2.24) is 15.0 Å². The molecule has 0 unspecified atom stereocenters. The second-order valence-electron chi connectivity index (χ2n) is 4.31. The van der Waals surface area contributed by atoms with Gasteiger partial charge in [-0.1, -0.05) is 5.21 Å². The predicted octanol–water partition coefficient (Wildman–Crippen LogP) is 2.22. The van der Waals surface area contributed by atoms with E-state index >= 15 is 0 Å². The fraction of sp³-hybridized carbons (Fsp3) is 0.333. The topological polar surface area (TPSA) is 50.9 Å². The molecule has 0 saturated heterocycles. The van der Waals surface area contributed by atoms with Gasteiger partial charge in [0.15, 0.2) is 0 Å². The number of aromatic nitrogens is 3. The quantitative estimate of drug-likeness (QED) is 0.847. The van der Waals surface area contributed by atoms with Gasteiger partial charge in [-0.25, -0.2) is 4.68 Å². The lowest BCUT2D eigenvalue weighted by Gasteiger charge is -2.11. The maximum atomic E-state index is 9.81. The van der Waals surface area contributed by atoms with E-state index in [2.05, 4.69) is 10.3 Å². The smallest absolute Gasteiger partial charge is 0.114 e. The summed E-state index contributed by atoms with van der Waals surface area (Å²) in [5, 5.41) is 17.8. The van der Waals surface area contributed by atoms with Gasteiger partial charge in [0.1, 0.15) is 11.3 Å². The molecule has 90 valence electrons. The van der Waals surface area contributed by atoms with Gasteiger partial charge in [-0.3, -0.25) is 0 Å². The molecule has 0 aliphatic carbocycles. The van der Waals surface area contributed by atoms with Gasteiger partial charge in [-0.2, -0.15) is 0 Å². The van der Waals surface area contributed by atoms with E-state index < -0.39 is 5.60 Å². The highest BCUT2D eigenvalue weighted by Crippen LogP contribution is 2.19. The number of aliphatic hydroxyl groups is 1. The van der Waals surface area contributed by atoms with Crippen LogP contribution in [0.1, 0.15) is 19.5 Å². The van der Waals surface area contributed by atoms with Crippen LogP contribution in [-0.4, -0.2) is 26.4 Å². The maximum absolute atomic E-state index is 9.81. The van der Waals surface area contributed by atoms with Crippen LogP contribution in [0.4, 0.5) is 0 Å². The zero-order chi connectivity index (χ0) is 12.5. The zero-order valence-electron chi connectivity index (χ0n) is 10.1. The van der Waals surface area contributed by atoms with Crippen LogP contribution < -0.4 is 0 Å². The van der Waals surface area contributed by atoms with Crippen molar-refractivity contribution in [3.8, 4) is 5.69 Å². The third kappa shape index (κ3) is 2.68. The molecule has 1 aromatic heterocycles. The van der Waals surface area contributed by atoms with Crippen molar-refractivity contribution >= 4 is 11.8 Å². The molecular weight excluding hydrogens is 234 g/mol. The molecular formula is C12H15N3OS. The number of nitrogens with zero attached hydrogens (tertiary/aromatic N) is 3. The van der Waals surface area contributed by atoms with Crippen molar-refractivity contribution < 1.29 is 5.11 Å². The van der Waals surface area contributed by atoms with Crippen LogP contribution in [0, 0.1) is 0 Å². The Morgan fingerprint density at radius 3 is 2.35 bits per heavy atom. The van der Waals surface area contributed by atoms with Crippen molar-refractivity contribution in [2.24, 2.45) is 0 Å². The third-order valence-electron chi connectivity index (χ3n) is 2.46. The average Bonchev–Trinajstić information content (AvgIpc) is 2.78. The third-order valence-corrected chi connectivity index (χ3v) is 3.20. The molecule has 0 radical (unpaired) electrons. The van der Waals surface area contributed by atoms with Crippen molar-refractivity contribution in [2.75, 3.05) is 6.26 Å². The fourth-order valence-corrected chi connectivity index (χ4v) is 1.81. The summed E-state index contributed by atoms with van der Waals surface area (Å²) in [6, 6.07) is 8.03. The Kier molecular flexibility index (Phi) is 3.22. The summed E-state index contributed by atoms with van der Waals surface area (Å²) < 4.78 is 1.66. The minimum Gasteiger partial charge on any atom is -0.384 e. The largest absolute Gasteiger partial charge is 0.384 e. The number of hydrogen-bond acceptors (Lipinski definition) is 4. The van der Waals surface area contributed by atoms with E-state index in [1.165, 1.54) is 4.90 Å². The van der Waals surface area contributed by atoms with Crippen molar-refractivity contribution in [2.45, 2.75) is 24.3 Å². The number of thioether (sulfide) groups is 1. The molecule has 0 atom stereocenters. The summed E-state index contributed by atoms with van der Waals surface area (Å²) in [6.45, 7) is 3.39. The van der Waals surface area contributed by atoms with Crippen LogP contribution in [0.2, 0.25) is 0 Å². The fourth-order valence-electron chi connectivity index (χ4n) is 1.41. The molecule has 2 aromatic rings. The Labute approximate surface area is 105 Å². The molecule has 0 amide bonds. The van der Waals surface area contributed by atoms with Crippen molar-refractivity contribution in [1.29, 1.82) is 0 Å². The molecule has 17 heavy (non-hydrogen) atoms. The first-order valence-electron chi connectivity index (χ1n) is 5.30. The van der Waals surface area contributed by atoms with Crippen LogP contribution in [-0.2, 0) is 5.60 Å². The first-order valence-corrected chi connectivity index (χ1v) is 6.53. The van der Waals surface area contributed by atoms with Gasteiger partial charge in [0.25, 0.3) is 0 Å². The average molecular weight is 249 g/mol. The van der Waals surface area contributed by atoms with Crippen LogP contribution in [0.25, 0.3) is 5.69 Å². The lowest BCUT2D eigenvalue weighted by molar-refractivity contribution is 0.0737. The van der Waals surface area contributed by atoms with E-state index in [0.29, 0.717) is 5.69 Å². The summed E-state index contributed by atoms with van der Waals surface area (Å²) in [4.78, 5) is 1.21. The Morgan fingerprint density at radius 2 is 1.88 bits per heavy atom. The molecule has 0 aliphatic rings. The molecule has 0 fully saturated rings. The molecule has 4 nitrogen and oxygen atoms in total. The first kappa shape index (κ1) is 12.1. The van der Waals surface area contributed by atoms with Gasteiger partial charge in [0.05, 0.1) is 11.9 Å². The van der Waals surface area contributed by atoms with E-state index in [1.54, 1.807) is 36.5 Å². The Morgan fingerprint density at radius 1 is 1.24 bits per heavy atom. The Hall–Kier alpha value is -1.33. The summed E-state index contributed by atoms with van der Waals surface area (Å²) in [7, 11) is 0. The van der Waals surface area contributed by atoms with E-state index in [0.717, 1.165) is 5.69 Å². The molecule has 0 aliphatic heterocycles. The van der Waals surface area contributed by atoms with E-state index in [1.807, 2.05) is 30.5 Å². The summed E-state index contributed by atoms with van der Waals surface area (Å²) in [5.74, 6) is 0. The highest BCUT2D eigenvalue weighted by Gasteiger charge is 2.20. The number of hydrogen-bond donors (Lipinski definition) is 1. The maximum Gasteiger partial charge on any atom is 0.114 e. The Balaban J connectivity index is 2.30. The van der Waals surface area contributed by atoms with Crippen LogP contribution >= 0.6 is 11.8 Å². The SMILES string of the molecule is CSc1ccc(-n2cc(C(C)(C)O)nn2)cc1. The lowest BCUT2D eigenvalue weighted by Crippen LogP contribution is -2.15. The van der Waals surface area contributed by atoms with Crippen molar-refractivity contribution in [3.63, 3.8) is 0 Å². The first-order chi connectivity index (χ1) is 8.00. The van der Waals surface area contributed by atoms with Crippen LogP contribution in [0.3, 0.4) is 0 Å². The van der Waals surface area contributed by atoms with Crippen molar-refractivity contribution in [3.05, 3.63) is 36.2 Å². The zero-order valence-corrected chi connectivity index (χ0v) is 10.9. The molecule has 0 spiro atoms. The lowest BCUT2D eigenvalue weighted by atomic mass is 10.1. The highest BCUT2D eigenvalue weighted by atomic mass is 32.2. The standard InChI is InChI=1S/C12H15N3OS/c1-12(2,16)11-8-15(14-13-11)9-4-6-10(17-3)7-5-9/h4-8,16H,1-3H3. The van der Waals surface area contributed by atoms with Gasteiger partial charge < -0.3 is 5.11 Å². The summed E-state index contributed by atoms with van der Waals surface area (Å²) in [5.41, 5.74) is 0.537.